The summed E-state index contributed by atoms with van der Waals surface area (Å²) in [5, 5.41) is 4.51. The molecule has 0 aliphatic carbocycles. The van der Waals surface area contributed by atoms with Crippen LogP contribution in [0.15, 0.2) is 35.2 Å². The summed E-state index contributed by atoms with van der Waals surface area (Å²) in [4.78, 5) is 1.27. The van der Waals surface area contributed by atoms with E-state index >= 15 is 0 Å². The Kier molecular flexibility index (Phi) is 3.86. The SMILES string of the molecule is CSc1ccc(-c2cc(CCN)n(C)n2)cc1. The molecule has 2 N–H and O–H groups in total. The average Bonchev–Trinajstić information content (AvgIpc) is 2.72. The summed E-state index contributed by atoms with van der Waals surface area (Å²) in [7, 11) is 1.96. The lowest BCUT2D eigenvalue weighted by molar-refractivity contribution is 0.708. The molecule has 0 amide bonds. The lowest BCUT2D eigenvalue weighted by Crippen LogP contribution is -2.06. The minimum absolute atomic E-state index is 0.657. The van der Waals surface area contributed by atoms with Crippen LogP contribution in [0.2, 0.25) is 0 Å². The molecule has 0 radical (unpaired) electrons. The Morgan fingerprint density at radius 1 is 1.29 bits per heavy atom. The second kappa shape index (κ2) is 5.38. The average molecular weight is 247 g/mol. The molecule has 0 fully saturated rings. The minimum Gasteiger partial charge on any atom is -0.330 e. The third kappa shape index (κ3) is 2.70. The van der Waals surface area contributed by atoms with Gasteiger partial charge in [-0.3, -0.25) is 4.68 Å². The Balaban J connectivity index is 2.29. The molecule has 17 heavy (non-hydrogen) atoms. The zero-order valence-electron chi connectivity index (χ0n) is 10.2. The molecule has 0 unspecified atom stereocenters. The van der Waals surface area contributed by atoms with Crippen LogP contribution in [0, 0.1) is 0 Å². The number of aryl methyl sites for hydroxylation is 1. The third-order valence-corrected chi connectivity index (χ3v) is 3.51. The van der Waals surface area contributed by atoms with Crippen molar-refractivity contribution < 1.29 is 0 Å². The summed E-state index contributed by atoms with van der Waals surface area (Å²) < 4.78 is 1.91. The van der Waals surface area contributed by atoms with Gasteiger partial charge in [-0.25, -0.2) is 0 Å². The van der Waals surface area contributed by atoms with E-state index in [0.29, 0.717) is 6.54 Å². The number of nitrogens with zero attached hydrogens (tertiary/aromatic N) is 2. The minimum atomic E-state index is 0.657. The highest BCUT2D eigenvalue weighted by Crippen LogP contribution is 2.22. The molecule has 0 spiro atoms. The lowest BCUT2D eigenvalue weighted by Gasteiger charge is -1.98. The first kappa shape index (κ1) is 12.2. The van der Waals surface area contributed by atoms with Crippen LogP contribution >= 0.6 is 11.8 Å². The molecule has 0 bridgehead atoms. The van der Waals surface area contributed by atoms with E-state index in [1.807, 2.05) is 11.7 Å². The van der Waals surface area contributed by atoms with Crippen LogP contribution in [-0.2, 0) is 13.5 Å². The number of rotatable bonds is 4. The van der Waals surface area contributed by atoms with Gasteiger partial charge in [0.2, 0.25) is 0 Å². The van der Waals surface area contributed by atoms with Gasteiger partial charge < -0.3 is 5.73 Å². The first-order valence-electron chi connectivity index (χ1n) is 5.62. The largest absolute Gasteiger partial charge is 0.330 e. The van der Waals surface area contributed by atoms with Gasteiger partial charge in [-0.2, -0.15) is 5.10 Å². The van der Waals surface area contributed by atoms with Crippen LogP contribution in [0.5, 0.6) is 0 Å². The van der Waals surface area contributed by atoms with Crippen LogP contribution in [0.4, 0.5) is 0 Å². The molecule has 2 rings (SSSR count). The Labute approximate surface area is 106 Å². The van der Waals surface area contributed by atoms with E-state index in [2.05, 4.69) is 41.7 Å². The van der Waals surface area contributed by atoms with Gasteiger partial charge in [0.05, 0.1) is 5.69 Å². The predicted molar refractivity (Wildman–Crippen MR) is 73.2 cm³/mol. The fraction of sp³-hybridized carbons (Fsp3) is 0.308. The molecule has 90 valence electrons. The van der Waals surface area contributed by atoms with Crippen molar-refractivity contribution in [3.8, 4) is 11.3 Å². The Hall–Kier alpha value is -1.26. The first-order chi connectivity index (χ1) is 8.24. The molecule has 0 aliphatic rings. The molecular formula is C13H17N3S. The Bertz CT molecular complexity index is 488. The van der Waals surface area contributed by atoms with Gasteiger partial charge in [0, 0.05) is 29.6 Å². The molecule has 1 heterocycles. The van der Waals surface area contributed by atoms with E-state index in [1.165, 1.54) is 10.6 Å². The second-order valence-electron chi connectivity index (χ2n) is 3.91. The van der Waals surface area contributed by atoms with Gasteiger partial charge in [-0.1, -0.05) is 12.1 Å². The van der Waals surface area contributed by atoms with Crippen molar-refractivity contribution >= 4 is 11.8 Å². The predicted octanol–water partition coefficient (Wildman–Crippen LogP) is 2.31. The molecule has 1 aromatic carbocycles. The smallest absolute Gasteiger partial charge is 0.0925 e. The molecule has 4 heteroatoms. The van der Waals surface area contributed by atoms with Crippen molar-refractivity contribution in [3.63, 3.8) is 0 Å². The maximum absolute atomic E-state index is 5.57. The summed E-state index contributed by atoms with van der Waals surface area (Å²) in [5.74, 6) is 0. The Morgan fingerprint density at radius 2 is 2.00 bits per heavy atom. The summed E-state index contributed by atoms with van der Waals surface area (Å²) in [6.45, 7) is 0.657. The highest BCUT2D eigenvalue weighted by Gasteiger charge is 2.06. The van der Waals surface area contributed by atoms with Gasteiger partial charge in [-0.15, -0.1) is 11.8 Å². The standard InChI is InChI=1S/C13H17N3S/c1-16-11(7-8-14)9-13(15-16)10-3-5-12(17-2)6-4-10/h3-6,9H,7-8,14H2,1-2H3. The monoisotopic (exact) mass is 247 g/mol. The number of hydrogen-bond acceptors (Lipinski definition) is 3. The van der Waals surface area contributed by atoms with Crippen molar-refractivity contribution in [2.75, 3.05) is 12.8 Å². The van der Waals surface area contributed by atoms with Crippen molar-refractivity contribution in [1.82, 2.24) is 9.78 Å². The van der Waals surface area contributed by atoms with Crippen LogP contribution in [-0.4, -0.2) is 22.6 Å². The van der Waals surface area contributed by atoms with Crippen LogP contribution in [0.1, 0.15) is 5.69 Å². The molecule has 2 aromatic rings. The molecule has 0 aliphatic heterocycles. The molecular weight excluding hydrogens is 230 g/mol. The fourth-order valence-corrected chi connectivity index (χ4v) is 2.20. The van der Waals surface area contributed by atoms with Gasteiger partial charge in [0.1, 0.15) is 0 Å². The second-order valence-corrected chi connectivity index (χ2v) is 4.79. The van der Waals surface area contributed by atoms with Gasteiger partial charge >= 0.3 is 0 Å². The van der Waals surface area contributed by atoms with Crippen molar-refractivity contribution in [1.29, 1.82) is 0 Å². The van der Waals surface area contributed by atoms with Crippen LogP contribution < -0.4 is 5.73 Å². The van der Waals surface area contributed by atoms with E-state index in [1.54, 1.807) is 11.8 Å². The van der Waals surface area contributed by atoms with Gasteiger partial charge in [0.25, 0.3) is 0 Å². The summed E-state index contributed by atoms with van der Waals surface area (Å²) in [6, 6.07) is 10.6. The molecule has 1 aromatic heterocycles. The number of thioether (sulfide) groups is 1. The Morgan fingerprint density at radius 3 is 2.59 bits per heavy atom. The molecule has 3 nitrogen and oxygen atoms in total. The summed E-state index contributed by atoms with van der Waals surface area (Å²) in [5.41, 5.74) is 8.92. The van der Waals surface area contributed by atoms with Crippen LogP contribution in [0.3, 0.4) is 0 Å². The first-order valence-corrected chi connectivity index (χ1v) is 6.84. The summed E-state index contributed by atoms with van der Waals surface area (Å²) >= 11 is 1.75. The number of hydrogen-bond donors (Lipinski definition) is 1. The van der Waals surface area contributed by atoms with Gasteiger partial charge in [0.15, 0.2) is 0 Å². The maximum atomic E-state index is 5.57. The quantitative estimate of drug-likeness (QED) is 0.843. The van der Waals surface area contributed by atoms with Crippen LogP contribution in [0.25, 0.3) is 11.3 Å². The zero-order valence-corrected chi connectivity index (χ0v) is 11.0. The maximum Gasteiger partial charge on any atom is 0.0925 e. The summed E-state index contributed by atoms with van der Waals surface area (Å²) in [6.07, 6.45) is 2.95. The number of nitrogens with two attached hydrogens (primary N) is 1. The van der Waals surface area contributed by atoms with E-state index in [-0.39, 0.29) is 0 Å². The topological polar surface area (TPSA) is 43.8 Å². The molecule has 0 saturated carbocycles. The molecule has 0 saturated heterocycles. The zero-order chi connectivity index (χ0) is 12.3. The third-order valence-electron chi connectivity index (χ3n) is 2.76. The van der Waals surface area contributed by atoms with Crippen molar-refractivity contribution in [2.24, 2.45) is 12.8 Å². The number of benzene rings is 1. The van der Waals surface area contributed by atoms with E-state index in [9.17, 15) is 0 Å². The van der Waals surface area contributed by atoms with Crippen molar-refractivity contribution in [2.45, 2.75) is 11.3 Å². The van der Waals surface area contributed by atoms with E-state index in [4.69, 9.17) is 5.73 Å². The highest BCUT2D eigenvalue weighted by atomic mass is 32.2. The van der Waals surface area contributed by atoms with Crippen molar-refractivity contribution in [3.05, 3.63) is 36.0 Å². The van der Waals surface area contributed by atoms with E-state index in [0.717, 1.165) is 17.7 Å². The normalized spacial score (nSPS) is 10.8. The highest BCUT2D eigenvalue weighted by molar-refractivity contribution is 7.98. The lowest BCUT2D eigenvalue weighted by atomic mass is 10.1. The molecule has 0 atom stereocenters. The van der Waals surface area contributed by atoms with E-state index < -0.39 is 0 Å². The fourth-order valence-electron chi connectivity index (χ4n) is 1.79. The number of aromatic nitrogens is 2. The van der Waals surface area contributed by atoms with Gasteiger partial charge in [-0.05, 0) is 31.0 Å².